The third-order valence-corrected chi connectivity index (χ3v) is 5.01. The molecule has 2 rings (SSSR count). The van der Waals surface area contributed by atoms with Crippen LogP contribution < -0.4 is 16.0 Å². The summed E-state index contributed by atoms with van der Waals surface area (Å²) in [5.41, 5.74) is -0.350. The Morgan fingerprint density at radius 1 is 1.30 bits per heavy atom. The highest BCUT2D eigenvalue weighted by molar-refractivity contribution is 14.0. The molecule has 1 saturated heterocycles. The number of alkyl carbamates (subject to hydrolysis) is 1. The number of fused-ring (bicyclic) bond motifs is 1. The van der Waals surface area contributed by atoms with Gasteiger partial charge in [-0.05, 0) is 40.5 Å². The van der Waals surface area contributed by atoms with E-state index in [0.717, 1.165) is 32.0 Å². The average molecular weight is 496 g/mol. The van der Waals surface area contributed by atoms with E-state index in [-0.39, 0.29) is 35.5 Å². The van der Waals surface area contributed by atoms with Crippen molar-refractivity contribution in [3.8, 4) is 0 Å². The Bertz CT molecular complexity index is 520. The van der Waals surface area contributed by atoms with Crippen LogP contribution in [0.1, 0.15) is 54.4 Å². The van der Waals surface area contributed by atoms with Gasteiger partial charge in [-0.2, -0.15) is 0 Å². The van der Waals surface area contributed by atoms with Crippen LogP contribution in [-0.4, -0.2) is 56.0 Å². The predicted molar refractivity (Wildman–Crippen MR) is 119 cm³/mol. The number of ether oxygens (including phenoxy) is 2. The molecule has 1 amide bonds. The van der Waals surface area contributed by atoms with Gasteiger partial charge in [0.05, 0.1) is 6.10 Å². The van der Waals surface area contributed by atoms with Gasteiger partial charge in [0.1, 0.15) is 5.60 Å². The monoisotopic (exact) mass is 496 g/mol. The van der Waals surface area contributed by atoms with Crippen LogP contribution in [0, 0.1) is 11.3 Å². The average Bonchev–Trinajstić information content (AvgIpc) is 2.97. The molecule has 7 nitrogen and oxygen atoms in total. The highest BCUT2D eigenvalue weighted by atomic mass is 127. The van der Waals surface area contributed by atoms with E-state index in [0.29, 0.717) is 31.2 Å². The minimum atomic E-state index is -0.470. The Kier molecular flexibility index (Phi) is 9.11. The van der Waals surface area contributed by atoms with E-state index in [1.165, 1.54) is 0 Å². The fourth-order valence-electron chi connectivity index (χ4n) is 3.86. The Morgan fingerprint density at radius 2 is 2.00 bits per heavy atom. The van der Waals surface area contributed by atoms with Crippen LogP contribution in [0.5, 0.6) is 0 Å². The van der Waals surface area contributed by atoms with Gasteiger partial charge in [0.15, 0.2) is 5.96 Å². The second-order valence-corrected chi connectivity index (χ2v) is 8.73. The third-order valence-electron chi connectivity index (χ3n) is 5.01. The molecule has 0 radical (unpaired) electrons. The number of aliphatic imine (C=N–C) groups is 1. The molecule has 3 unspecified atom stereocenters. The number of nitrogens with one attached hydrogen (secondary N) is 3. The molecule has 0 bridgehead atoms. The summed E-state index contributed by atoms with van der Waals surface area (Å²) < 4.78 is 11.1. The normalized spacial score (nSPS) is 26.3. The molecule has 3 atom stereocenters. The van der Waals surface area contributed by atoms with E-state index in [1.54, 1.807) is 0 Å². The van der Waals surface area contributed by atoms with Crippen LogP contribution in [0.15, 0.2) is 4.99 Å². The lowest BCUT2D eigenvalue weighted by atomic mass is 9.57. The molecular weight excluding hydrogens is 459 g/mol. The molecule has 1 aliphatic carbocycles. The van der Waals surface area contributed by atoms with Crippen LogP contribution in [0.4, 0.5) is 4.79 Å². The first-order chi connectivity index (χ1) is 12.1. The number of guanidine groups is 1. The Labute approximate surface area is 180 Å². The number of hydrogen-bond acceptors (Lipinski definition) is 4. The summed E-state index contributed by atoms with van der Waals surface area (Å²) in [6.07, 6.45) is 1.86. The Morgan fingerprint density at radius 3 is 2.63 bits per heavy atom. The van der Waals surface area contributed by atoms with Gasteiger partial charge < -0.3 is 25.4 Å². The molecular formula is C19H37IN4O3. The first-order valence-electron chi connectivity index (χ1n) is 9.78. The zero-order valence-electron chi connectivity index (χ0n) is 17.6. The first-order valence-corrected chi connectivity index (χ1v) is 9.78. The molecule has 1 saturated carbocycles. The summed E-state index contributed by atoms with van der Waals surface area (Å²) in [5.74, 6) is 1.41. The van der Waals surface area contributed by atoms with Crippen LogP contribution in [-0.2, 0) is 9.47 Å². The predicted octanol–water partition coefficient (Wildman–Crippen LogP) is 2.89. The minimum Gasteiger partial charge on any atom is -0.444 e. The van der Waals surface area contributed by atoms with Crippen LogP contribution >= 0.6 is 24.0 Å². The highest BCUT2D eigenvalue weighted by Gasteiger charge is 2.59. The molecule has 2 aliphatic rings. The molecule has 0 aromatic heterocycles. The van der Waals surface area contributed by atoms with Crippen LogP contribution in [0.3, 0.4) is 0 Å². The van der Waals surface area contributed by atoms with Crippen molar-refractivity contribution >= 4 is 36.0 Å². The Hall–Kier alpha value is -0.770. The molecule has 1 heterocycles. The van der Waals surface area contributed by atoms with Gasteiger partial charge >= 0.3 is 6.09 Å². The number of amides is 1. The van der Waals surface area contributed by atoms with Gasteiger partial charge in [-0.15, -0.1) is 24.0 Å². The van der Waals surface area contributed by atoms with Crippen molar-refractivity contribution in [3.63, 3.8) is 0 Å². The quantitative estimate of drug-likeness (QED) is 0.228. The maximum absolute atomic E-state index is 11.6. The molecule has 1 aliphatic heterocycles. The van der Waals surface area contributed by atoms with Crippen molar-refractivity contribution in [2.24, 2.45) is 16.3 Å². The number of rotatable bonds is 6. The van der Waals surface area contributed by atoms with Crippen LogP contribution in [0.25, 0.3) is 0 Å². The molecule has 0 aromatic carbocycles. The molecule has 27 heavy (non-hydrogen) atoms. The largest absolute Gasteiger partial charge is 0.444 e. The summed E-state index contributed by atoms with van der Waals surface area (Å²) in [4.78, 5) is 16.3. The topological polar surface area (TPSA) is 84.0 Å². The van der Waals surface area contributed by atoms with Crippen molar-refractivity contribution in [2.75, 3.05) is 26.2 Å². The summed E-state index contributed by atoms with van der Waals surface area (Å²) >= 11 is 0. The second-order valence-electron chi connectivity index (χ2n) is 8.73. The number of hydrogen-bond donors (Lipinski definition) is 3. The third kappa shape index (κ3) is 6.66. The molecule has 0 spiro atoms. The fourth-order valence-corrected chi connectivity index (χ4v) is 3.86. The lowest BCUT2D eigenvalue weighted by molar-refractivity contribution is -0.106. The van der Waals surface area contributed by atoms with E-state index in [2.05, 4.69) is 41.7 Å². The number of halogens is 1. The zero-order valence-corrected chi connectivity index (χ0v) is 19.9. The molecule has 3 N–H and O–H groups in total. The van der Waals surface area contributed by atoms with Crippen molar-refractivity contribution in [3.05, 3.63) is 0 Å². The lowest BCUT2D eigenvalue weighted by Crippen LogP contribution is -2.68. The second kappa shape index (κ2) is 10.1. The number of carbonyl (C=O) groups is 1. The van der Waals surface area contributed by atoms with Gasteiger partial charge in [0, 0.05) is 43.6 Å². The summed E-state index contributed by atoms with van der Waals surface area (Å²) in [6, 6.07) is 0.382. The summed E-state index contributed by atoms with van der Waals surface area (Å²) in [7, 11) is 0. The van der Waals surface area contributed by atoms with Crippen molar-refractivity contribution in [1.82, 2.24) is 16.0 Å². The van der Waals surface area contributed by atoms with Crippen molar-refractivity contribution in [2.45, 2.75) is 72.1 Å². The maximum atomic E-state index is 11.6. The van der Waals surface area contributed by atoms with Gasteiger partial charge in [0.25, 0.3) is 0 Å². The van der Waals surface area contributed by atoms with Crippen molar-refractivity contribution in [1.29, 1.82) is 0 Å². The maximum Gasteiger partial charge on any atom is 0.407 e. The molecule has 158 valence electrons. The van der Waals surface area contributed by atoms with Gasteiger partial charge in [-0.1, -0.05) is 13.8 Å². The standard InChI is InChI=1S/C19H36N4O3.HI/c1-7-20-16(21-10-8-11-22-17(24)26-18(2,3)4)23-14-13-9-12-25-15(13)19(14,5)6;/h13-15H,7-12H2,1-6H3,(H,22,24)(H2,20,21,23);1H. The Balaban J connectivity index is 0.00000364. The van der Waals surface area contributed by atoms with E-state index in [1.807, 2.05) is 20.8 Å². The fraction of sp³-hybridized carbons (Fsp3) is 0.895. The van der Waals surface area contributed by atoms with Gasteiger partial charge in [0.2, 0.25) is 0 Å². The van der Waals surface area contributed by atoms with Crippen molar-refractivity contribution < 1.29 is 14.3 Å². The van der Waals surface area contributed by atoms with Gasteiger partial charge in [-0.3, -0.25) is 4.99 Å². The lowest BCUT2D eigenvalue weighted by Gasteiger charge is -2.54. The molecule has 8 heteroatoms. The van der Waals surface area contributed by atoms with E-state index < -0.39 is 5.60 Å². The zero-order chi connectivity index (χ0) is 19.4. The van der Waals surface area contributed by atoms with Crippen LogP contribution in [0.2, 0.25) is 0 Å². The highest BCUT2D eigenvalue weighted by Crippen LogP contribution is 2.52. The molecule has 2 fully saturated rings. The molecule has 0 aromatic rings. The number of carbonyl (C=O) groups excluding carboxylic acids is 1. The first kappa shape index (κ1) is 24.3. The smallest absolute Gasteiger partial charge is 0.407 e. The SMILES string of the molecule is CCNC(=NCCCNC(=O)OC(C)(C)C)NC1C2CCOC2C1(C)C.I. The van der Waals surface area contributed by atoms with Gasteiger partial charge in [-0.25, -0.2) is 4.79 Å². The summed E-state index contributed by atoms with van der Waals surface area (Å²) in [6.45, 7) is 15.0. The number of nitrogens with zero attached hydrogens (tertiary/aromatic N) is 1. The van der Waals surface area contributed by atoms with E-state index >= 15 is 0 Å². The minimum absolute atomic E-state index is 0. The summed E-state index contributed by atoms with van der Waals surface area (Å²) in [5, 5.41) is 9.67. The van der Waals surface area contributed by atoms with E-state index in [4.69, 9.17) is 9.47 Å². The van der Waals surface area contributed by atoms with E-state index in [9.17, 15) is 4.79 Å².